The van der Waals surface area contributed by atoms with Crippen LogP contribution in [0.2, 0.25) is 5.15 Å². The average Bonchev–Trinajstić information content (AvgIpc) is 3.20. The Labute approximate surface area is 161 Å². The normalized spacial score (nSPS) is 12.5. The predicted octanol–water partition coefficient (Wildman–Crippen LogP) is 5.70. The minimum absolute atomic E-state index is 0.179. The van der Waals surface area contributed by atoms with Gasteiger partial charge in [0.05, 0.1) is 16.7 Å². The van der Waals surface area contributed by atoms with E-state index in [0.29, 0.717) is 27.0 Å². The van der Waals surface area contributed by atoms with Gasteiger partial charge in [-0.15, -0.1) is 11.3 Å². The third-order valence-electron chi connectivity index (χ3n) is 3.70. The summed E-state index contributed by atoms with van der Waals surface area (Å²) in [5, 5.41) is 11.8. The Balaban J connectivity index is 2.17. The molecule has 3 aromatic heterocycles. The number of hydrogen-bond acceptors (Lipinski definition) is 5. The van der Waals surface area contributed by atoms with Crippen molar-refractivity contribution in [1.82, 2.24) is 4.98 Å². The summed E-state index contributed by atoms with van der Waals surface area (Å²) in [5.41, 5.74) is 1.14. The van der Waals surface area contributed by atoms with Crippen LogP contribution in [0, 0.1) is 0 Å². The molecule has 1 amide bonds. The maximum Gasteiger partial charge on any atom is 0.412 e. The third-order valence-corrected chi connectivity index (χ3v) is 5.52. The van der Waals surface area contributed by atoms with Crippen molar-refractivity contribution in [3.05, 3.63) is 43.8 Å². The van der Waals surface area contributed by atoms with Crippen molar-refractivity contribution in [1.29, 1.82) is 0 Å². The molecule has 0 spiro atoms. The Morgan fingerprint density at radius 3 is 2.96 bits per heavy atom. The number of thiophene rings is 1. The van der Waals surface area contributed by atoms with E-state index in [1.165, 1.54) is 22.3 Å². The number of aromatic nitrogens is 1. The van der Waals surface area contributed by atoms with Gasteiger partial charge in [0.2, 0.25) is 0 Å². The fourth-order valence-corrected chi connectivity index (χ4v) is 3.95. The molecule has 0 fully saturated rings. The van der Waals surface area contributed by atoms with E-state index in [-0.39, 0.29) is 17.8 Å². The lowest BCUT2D eigenvalue weighted by atomic mass is 10.2. The number of carbonyl (C=O) groups is 1. The SMILES string of the molecule is COC(C)c1oc2c(N(Cc3cccs3)C(=O)O)cc(Cl)nc2c1Br. The van der Waals surface area contributed by atoms with Crippen LogP contribution in [-0.4, -0.2) is 23.3 Å². The van der Waals surface area contributed by atoms with E-state index in [0.717, 1.165) is 4.88 Å². The highest BCUT2D eigenvalue weighted by atomic mass is 79.9. The molecular weight excluding hydrogens is 432 g/mol. The highest BCUT2D eigenvalue weighted by Gasteiger charge is 2.26. The van der Waals surface area contributed by atoms with Crippen LogP contribution < -0.4 is 4.90 Å². The van der Waals surface area contributed by atoms with Crippen molar-refractivity contribution in [2.24, 2.45) is 0 Å². The van der Waals surface area contributed by atoms with E-state index in [1.807, 2.05) is 24.4 Å². The molecule has 0 aliphatic heterocycles. The molecule has 9 heteroatoms. The average molecular weight is 446 g/mol. The first-order chi connectivity index (χ1) is 11.9. The maximum atomic E-state index is 11.9. The van der Waals surface area contributed by atoms with Crippen LogP contribution in [0.25, 0.3) is 11.1 Å². The van der Waals surface area contributed by atoms with Gasteiger partial charge in [0.1, 0.15) is 22.5 Å². The zero-order chi connectivity index (χ0) is 18.1. The highest BCUT2D eigenvalue weighted by molar-refractivity contribution is 9.10. The summed E-state index contributed by atoms with van der Waals surface area (Å²) in [6.07, 6.45) is -1.43. The largest absolute Gasteiger partial charge is 0.465 e. The van der Waals surface area contributed by atoms with Crippen LogP contribution in [0.1, 0.15) is 23.7 Å². The molecule has 25 heavy (non-hydrogen) atoms. The maximum absolute atomic E-state index is 11.9. The summed E-state index contributed by atoms with van der Waals surface area (Å²) in [4.78, 5) is 18.2. The monoisotopic (exact) mass is 444 g/mol. The van der Waals surface area contributed by atoms with E-state index < -0.39 is 6.09 Å². The second kappa shape index (κ2) is 7.33. The molecule has 6 nitrogen and oxygen atoms in total. The van der Waals surface area contributed by atoms with Crippen LogP contribution in [0.3, 0.4) is 0 Å². The fraction of sp³-hybridized carbons (Fsp3) is 0.250. The zero-order valence-corrected chi connectivity index (χ0v) is 16.5. The van der Waals surface area contributed by atoms with Crippen molar-refractivity contribution in [2.75, 3.05) is 12.0 Å². The summed E-state index contributed by atoms with van der Waals surface area (Å²) in [6.45, 7) is 2.01. The van der Waals surface area contributed by atoms with Crippen LogP contribution >= 0.6 is 38.9 Å². The standard InChI is InChI=1S/C16H14BrClN2O4S/c1-8(23-2)14-12(17)13-15(24-14)10(6-11(18)19-13)20(16(21)22)7-9-4-3-5-25-9/h3-6,8H,7H2,1-2H3,(H,21,22). The molecule has 1 N–H and O–H groups in total. The van der Waals surface area contributed by atoms with Gasteiger partial charge in [-0.05, 0) is 34.3 Å². The third kappa shape index (κ3) is 3.52. The molecule has 132 valence electrons. The Hall–Kier alpha value is -1.61. The van der Waals surface area contributed by atoms with Gasteiger partial charge in [-0.2, -0.15) is 0 Å². The second-order valence-corrected chi connectivity index (χ2v) is 7.46. The first-order valence-corrected chi connectivity index (χ1v) is 9.31. The van der Waals surface area contributed by atoms with Gasteiger partial charge in [0, 0.05) is 18.1 Å². The molecule has 3 heterocycles. The van der Waals surface area contributed by atoms with Crippen molar-refractivity contribution < 1.29 is 19.1 Å². The lowest BCUT2D eigenvalue weighted by Gasteiger charge is -2.18. The number of hydrogen-bond donors (Lipinski definition) is 1. The summed E-state index contributed by atoms with van der Waals surface area (Å²) in [7, 11) is 1.56. The molecule has 0 aliphatic carbocycles. The first kappa shape index (κ1) is 18.2. The number of fused-ring (bicyclic) bond motifs is 1. The lowest BCUT2D eigenvalue weighted by molar-refractivity contribution is 0.100. The molecular formula is C16H14BrClN2O4S. The Bertz CT molecular complexity index is 913. The van der Waals surface area contributed by atoms with Crippen LogP contribution in [0.15, 0.2) is 32.5 Å². The molecule has 3 aromatic rings. The number of rotatable bonds is 5. The number of methoxy groups -OCH3 is 1. The number of amides is 1. The number of ether oxygens (including phenoxy) is 1. The Morgan fingerprint density at radius 2 is 2.36 bits per heavy atom. The van der Waals surface area contributed by atoms with Gasteiger partial charge < -0.3 is 14.3 Å². The van der Waals surface area contributed by atoms with Gasteiger partial charge in [0.15, 0.2) is 5.58 Å². The van der Waals surface area contributed by atoms with E-state index in [4.69, 9.17) is 20.8 Å². The summed E-state index contributed by atoms with van der Waals surface area (Å²) in [6, 6.07) is 5.23. The minimum Gasteiger partial charge on any atom is -0.465 e. The number of carboxylic acid groups (broad SMARTS) is 1. The number of pyridine rings is 1. The molecule has 3 rings (SSSR count). The predicted molar refractivity (Wildman–Crippen MR) is 101 cm³/mol. The fourth-order valence-electron chi connectivity index (χ4n) is 2.39. The van der Waals surface area contributed by atoms with Crippen LogP contribution in [0.5, 0.6) is 0 Å². The Kier molecular flexibility index (Phi) is 5.33. The second-order valence-electron chi connectivity index (χ2n) is 5.25. The van der Waals surface area contributed by atoms with Gasteiger partial charge in [-0.25, -0.2) is 9.78 Å². The van der Waals surface area contributed by atoms with Crippen LogP contribution in [-0.2, 0) is 11.3 Å². The number of anilines is 1. The number of halogens is 2. The van der Waals surface area contributed by atoms with Crippen molar-refractivity contribution >= 4 is 61.7 Å². The summed E-state index contributed by atoms with van der Waals surface area (Å²) in [5.74, 6) is 0.523. The Morgan fingerprint density at radius 1 is 1.60 bits per heavy atom. The number of nitrogens with zero attached hydrogens (tertiary/aromatic N) is 2. The molecule has 0 aliphatic rings. The summed E-state index contributed by atoms with van der Waals surface area (Å²) < 4.78 is 11.8. The highest BCUT2D eigenvalue weighted by Crippen LogP contribution is 2.40. The molecule has 0 aromatic carbocycles. The van der Waals surface area contributed by atoms with E-state index in [1.54, 1.807) is 7.11 Å². The molecule has 1 unspecified atom stereocenters. The lowest BCUT2D eigenvalue weighted by Crippen LogP contribution is -2.28. The van der Waals surface area contributed by atoms with Gasteiger partial charge in [-0.1, -0.05) is 17.7 Å². The smallest absolute Gasteiger partial charge is 0.412 e. The molecule has 0 saturated carbocycles. The molecule has 0 bridgehead atoms. The molecule has 0 radical (unpaired) electrons. The van der Waals surface area contributed by atoms with Crippen molar-refractivity contribution in [3.63, 3.8) is 0 Å². The molecule has 0 saturated heterocycles. The van der Waals surface area contributed by atoms with Crippen molar-refractivity contribution in [3.8, 4) is 0 Å². The summed E-state index contributed by atoms with van der Waals surface area (Å²) >= 11 is 11.1. The van der Waals surface area contributed by atoms with Crippen molar-refractivity contribution in [2.45, 2.75) is 19.6 Å². The van der Waals surface area contributed by atoms with Gasteiger partial charge >= 0.3 is 6.09 Å². The topological polar surface area (TPSA) is 75.8 Å². The minimum atomic E-state index is -1.11. The number of furan rings is 1. The van der Waals surface area contributed by atoms with Gasteiger partial charge in [-0.3, -0.25) is 4.90 Å². The molecule has 1 atom stereocenters. The quantitative estimate of drug-likeness (QED) is 0.510. The zero-order valence-electron chi connectivity index (χ0n) is 13.3. The van der Waals surface area contributed by atoms with E-state index in [9.17, 15) is 9.90 Å². The first-order valence-electron chi connectivity index (χ1n) is 7.26. The van der Waals surface area contributed by atoms with Crippen LogP contribution in [0.4, 0.5) is 10.5 Å². The van der Waals surface area contributed by atoms with Gasteiger partial charge in [0.25, 0.3) is 0 Å². The van der Waals surface area contributed by atoms with E-state index >= 15 is 0 Å². The van der Waals surface area contributed by atoms with E-state index in [2.05, 4.69) is 20.9 Å².